The highest BCUT2D eigenvalue weighted by Crippen LogP contribution is 2.19. The first-order chi connectivity index (χ1) is 9.47. The summed E-state index contributed by atoms with van der Waals surface area (Å²) in [6.07, 6.45) is -1.00. The second-order valence-corrected chi connectivity index (χ2v) is 4.99. The van der Waals surface area contributed by atoms with Crippen molar-refractivity contribution >= 4 is 5.91 Å². The number of carbonyl (C=O) groups is 1. The van der Waals surface area contributed by atoms with E-state index in [0.717, 1.165) is 12.1 Å². The van der Waals surface area contributed by atoms with Crippen LogP contribution in [0, 0.1) is 11.6 Å². The monoisotopic (exact) mass is 284 g/mol. The van der Waals surface area contributed by atoms with Gasteiger partial charge in [0.1, 0.15) is 11.6 Å². The molecule has 0 bridgehead atoms. The van der Waals surface area contributed by atoms with Crippen molar-refractivity contribution in [3.8, 4) is 0 Å². The molecule has 1 aromatic rings. The third kappa shape index (κ3) is 3.52. The van der Waals surface area contributed by atoms with E-state index in [0.29, 0.717) is 26.2 Å². The molecule has 1 aliphatic heterocycles. The van der Waals surface area contributed by atoms with Gasteiger partial charge in [-0.3, -0.25) is 9.69 Å². The number of piperazine rings is 1. The van der Waals surface area contributed by atoms with Crippen molar-refractivity contribution in [3.63, 3.8) is 0 Å². The standard InChI is InChI=1S/C14H18F2N2O2/c1-10(19)18-6-4-17(5-7-18)9-14(20)12-3-2-11(15)8-13(12)16/h2-3,8,14,20H,4-7,9H2,1H3. The Kier molecular flexibility index (Phi) is 4.67. The molecule has 0 saturated carbocycles. The summed E-state index contributed by atoms with van der Waals surface area (Å²) in [7, 11) is 0. The molecule has 1 N–H and O–H groups in total. The van der Waals surface area contributed by atoms with Crippen molar-refractivity contribution in [2.24, 2.45) is 0 Å². The van der Waals surface area contributed by atoms with Crippen LogP contribution in [0.3, 0.4) is 0 Å². The minimum Gasteiger partial charge on any atom is -0.387 e. The predicted molar refractivity (Wildman–Crippen MR) is 70.0 cm³/mol. The maximum absolute atomic E-state index is 13.6. The number of benzene rings is 1. The third-order valence-corrected chi connectivity index (χ3v) is 3.57. The Morgan fingerprint density at radius 3 is 2.50 bits per heavy atom. The molecule has 1 fully saturated rings. The molecule has 1 unspecified atom stereocenters. The van der Waals surface area contributed by atoms with E-state index in [1.807, 2.05) is 4.90 Å². The Morgan fingerprint density at radius 1 is 1.30 bits per heavy atom. The van der Waals surface area contributed by atoms with Crippen molar-refractivity contribution in [3.05, 3.63) is 35.4 Å². The lowest BCUT2D eigenvalue weighted by Crippen LogP contribution is -2.49. The van der Waals surface area contributed by atoms with Gasteiger partial charge in [-0.25, -0.2) is 8.78 Å². The normalized spacial score (nSPS) is 18.1. The molecule has 1 aliphatic rings. The van der Waals surface area contributed by atoms with E-state index < -0.39 is 17.7 Å². The van der Waals surface area contributed by atoms with Gasteiger partial charge in [-0.15, -0.1) is 0 Å². The van der Waals surface area contributed by atoms with Crippen molar-refractivity contribution in [2.75, 3.05) is 32.7 Å². The fraction of sp³-hybridized carbons (Fsp3) is 0.500. The van der Waals surface area contributed by atoms with E-state index in [4.69, 9.17) is 0 Å². The van der Waals surface area contributed by atoms with E-state index >= 15 is 0 Å². The van der Waals surface area contributed by atoms with Crippen molar-refractivity contribution in [1.82, 2.24) is 9.80 Å². The van der Waals surface area contributed by atoms with Gasteiger partial charge < -0.3 is 10.0 Å². The first-order valence-corrected chi connectivity index (χ1v) is 6.58. The first-order valence-electron chi connectivity index (χ1n) is 6.58. The van der Waals surface area contributed by atoms with Gasteiger partial charge in [0.2, 0.25) is 5.91 Å². The lowest BCUT2D eigenvalue weighted by Gasteiger charge is -2.35. The Labute approximate surface area is 116 Å². The fourth-order valence-electron chi connectivity index (χ4n) is 2.36. The average molecular weight is 284 g/mol. The van der Waals surface area contributed by atoms with Crippen LogP contribution in [0.4, 0.5) is 8.78 Å². The maximum Gasteiger partial charge on any atom is 0.219 e. The van der Waals surface area contributed by atoms with Crippen molar-refractivity contribution in [1.29, 1.82) is 0 Å². The second kappa shape index (κ2) is 6.28. The first kappa shape index (κ1) is 14.9. The molecule has 0 radical (unpaired) electrons. The SMILES string of the molecule is CC(=O)N1CCN(CC(O)c2ccc(F)cc2F)CC1. The van der Waals surface area contributed by atoms with E-state index in [2.05, 4.69) is 0 Å². The summed E-state index contributed by atoms with van der Waals surface area (Å²) in [6, 6.07) is 3.17. The van der Waals surface area contributed by atoms with E-state index in [1.165, 1.54) is 13.0 Å². The summed E-state index contributed by atoms with van der Waals surface area (Å²) in [5.74, 6) is -1.36. The highest BCUT2D eigenvalue weighted by atomic mass is 19.1. The van der Waals surface area contributed by atoms with Crippen LogP contribution in [0.2, 0.25) is 0 Å². The molecule has 0 aromatic heterocycles. The molecule has 1 aromatic carbocycles. The number of β-amino-alcohol motifs (C(OH)–C–C–N with tert-alkyl or cyclic N) is 1. The van der Waals surface area contributed by atoms with Gasteiger partial charge in [0.05, 0.1) is 6.10 Å². The van der Waals surface area contributed by atoms with Crippen LogP contribution in [0.5, 0.6) is 0 Å². The van der Waals surface area contributed by atoms with Gasteiger partial charge in [-0.05, 0) is 6.07 Å². The Balaban J connectivity index is 1.92. The molecule has 4 nitrogen and oxygen atoms in total. The molecule has 0 aliphatic carbocycles. The van der Waals surface area contributed by atoms with Gasteiger partial charge in [0, 0.05) is 51.3 Å². The number of nitrogens with zero attached hydrogens (tertiary/aromatic N) is 2. The summed E-state index contributed by atoms with van der Waals surface area (Å²) < 4.78 is 26.4. The molecule has 1 atom stereocenters. The van der Waals surface area contributed by atoms with Crippen LogP contribution in [-0.2, 0) is 4.79 Å². The summed E-state index contributed by atoms with van der Waals surface area (Å²) in [5, 5.41) is 10.0. The number of halogens is 2. The third-order valence-electron chi connectivity index (χ3n) is 3.57. The van der Waals surface area contributed by atoms with Crippen LogP contribution < -0.4 is 0 Å². The van der Waals surface area contributed by atoms with Crippen molar-refractivity contribution in [2.45, 2.75) is 13.0 Å². The van der Waals surface area contributed by atoms with Gasteiger partial charge >= 0.3 is 0 Å². The number of amides is 1. The molecule has 2 rings (SSSR count). The van der Waals surface area contributed by atoms with Crippen LogP contribution in [0.1, 0.15) is 18.6 Å². The predicted octanol–water partition coefficient (Wildman–Crippen LogP) is 1.16. The minimum absolute atomic E-state index is 0.0368. The molecule has 1 heterocycles. The summed E-state index contributed by atoms with van der Waals surface area (Å²) in [4.78, 5) is 14.9. The lowest BCUT2D eigenvalue weighted by atomic mass is 10.1. The Bertz CT molecular complexity index is 488. The largest absolute Gasteiger partial charge is 0.387 e. The number of aliphatic hydroxyl groups excluding tert-OH is 1. The molecule has 1 saturated heterocycles. The van der Waals surface area contributed by atoms with Crippen LogP contribution in [-0.4, -0.2) is 53.5 Å². The number of hydrogen-bond donors (Lipinski definition) is 1. The molecule has 0 spiro atoms. The van der Waals surface area contributed by atoms with Crippen LogP contribution in [0.25, 0.3) is 0 Å². The number of rotatable bonds is 3. The average Bonchev–Trinajstić information content (AvgIpc) is 2.39. The fourth-order valence-corrected chi connectivity index (χ4v) is 2.36. The second-order valence-electron chi connectivity index (χ2n) is 4.99. The van der Waals surface area contributed by atoms with Crippen LogP contribution in [0.15, 0.2) is 18.2 Å². The van der Waals surface area contributed by atoms with E-state index in [9.17, 15) is 18.7 Å². The van der Waals surface area contributed by atoms with Gasteiger partial charge in [0.15, 0.2) is 0 Å². The zero-order chi connectivity index (χ0) is 14.7. The van der Waals surface area contributed by atoms with E-state index in [-0.39, 0.29) is 18.0 Å². The molecule has 20 heavy (non-hydrogen) atoms. The van der Waals surface area contributed by atoms with Gasteiger partial charge in [0.25, 0.3) is 0 Å². The number of aliphatic hydroxyl groups is 1. The highest BCUT2D eigenvalue weighted by molar-refractivity contribution is 5.73. The zero-order valence-electron chi connectivity index (χ0n) is 11.4. The minimum atomic E-state index is -1.00. The summed E-state index contributed by atoms with van der Waals surface area (Å²) in [6.45, 7) is 4.29. The van der Waals surface area contributed by atoms with Gasteiger partial charge in [-0.2, -0.15) is 0 Å². The Hall–Kier alpha value is -1.53. The number of carbonyl (C=O) groups excluding carboxylic acids is 1. The molecule has 1 amide bonds. The number of hydrogen-bond acceptors (Lipinski definition) is 3. The lowest BCUT2D eigenvalue weighted by molar-refractivity contribution is -0.130. The summed E-state index contributed by atoms with van der Waals surface area (Å²) in [5.41, 5.74) is 0.0976. The zero-order valence-corrected chi connectivity index (χ0v) is 11.4. The highest BCUT2D eigenvalue weighted by Gasteiger charge is 2.22. The van der Waals surface area contributed by atoms with Gasteiger partial charge in [-0.1, -0.05) is 6.07 Å². The maximum atomic E-state index is 13.6. The quantitative estimate of drug-likeness (QED) is 0.906. The molecular weight excluding hydrogens is 266 g/mol. The topological polar surface area (TPSA) is 43.8 Å². The molecule has 110 valence electrons. The summed E-state index contributed by atoms with van der Waals surface area (Å²) >= 11 is 0. The van der Waals surface area contributed by atoms with Crippen LogP contribution >= 0.6 is 0 Å². The Morgan fingerprint density at radius 2 is 1.95 bits per heavy atom. The smallest absolute Gasteiger partial charge is 0.219 e. The molecular formula is C14H18F2N2O2. The van der Waals surface area contributed by atoms with E-state index in [1.54, 1.807) is 4.90 Å². The van der Waals surface area contributed by atoms with Crippen molar-refractivity contribution < 1.29 is 18.7 Å². The molecule has 6 heteroatoms.